The smallest absolute Gasteiger partial charge is 0.416 e. The summed E-state index contributed by atoms with van der Waals surface area (Å²) in [6, 6.07) is 13.7. The first-order valence-electron chi connectivity index (χ1n) is 12.6. The van der Waals surface area contributed by atoms with E-state index < -0.39 is 24.1 Å². The fourth-order valence-corrected chi connectivity index (χ4v) is 3.98. The van der Waals surface area contributed by atoms with E-state index in [4.69, 9.17) is 14.6 Å². The average Bonchev–Trinajstić information content (AvgIpc) is 2.93. The number of aryl methyl sites for hydroxylation is 2. The van der Waals surface area contributed by atoms with Crippen molar-refractivity contribution in [2.75, 3.05) is 13.8 Å². The van der Waals surface area contributed by atoms with Gasteiger partial charge in [0.25, 0.3) is 6.43 Å². The van der Waals surface area contributed by atoms with Crippen LogP contribution in [0.1, 0.15) is 55.4 Å². The van der Waals surface area contributed by atoms with E-state index in [0.717, 1.165) is 29.7 Å². The number of halogens is 6. The summed E-state index contributed by atoms with van der Waals surface area (Å²) in [4.78, 5) is 10.9. The molecule has 40 heavy (non-hydrogen) atoms. The summed E-state index contributed by atoms with van der Waals surface area (Å²) in [7, 11) is 0.500. The Labute approximate surface area is 229 Å². The molecular formula is C30H32F6O4. The zero-order chi connectivity index (χ0) is 29.9. The summed E-state index contributed by atoms with van der Waals surface area (Å²) in [5, 5.41) is 8.92. The normalized spacial score (nSPS) is 11.9. The predicted octanol–water partition coefficient (Wildman–Crippen LogP) is 8.71. The van der Waals surface area contributed by atoms with Crippen LogP contribution in [-0.2, 0) is 23.8 Å². The zero-order valence-corrected chi connectivity index (χ0v) is 22.4. The van der Waals surface area contributed by atoms with Gasteiger partial charge in [0.1, 0.15) is 11.5 Å². The highest BCUT2D eigenvalue weighted by atomic mass is 19.4. The van der Waals surface area contributed by atoms with Crippen molar-refractivity contribution >= 4 is 5.97 Å². The van der Waals surface area contributed by atoms with E-state index in [2.05, 4.69) is 0 Å². The summed E-state index contributed by atoms with van der Waals surface area (Å²) >= 11 is 0. The van der Waals surface area contributed by atoms with Gasteiger partial charge in [-0.3, -0.25) is 9.18 Å². The van der Waals surface area contributed by atoms with Crippen LogP contribution in [0.25, 0.3) is 11.1 Å². The van der Waals surface area contributed by atoms with E-state index in [1.54, 1.807) is 13.0 Å². The van der Waals surface area contributed by atoms with Gasteiger partial charge in [-0.05, 0) is 78.9 Å². The van der Waals surface area contributed by atoms with Crippen molar-refractivity contribution in [1.29, 1.82) is 0 Å². The lowest BCUT2D eigenvalue weighted by Gasteiger charge is -2.19. The standard InChI is InChI=1S/C29H29F5O4.CH3F/c1-3-19-16-24(11-6-20(19)8-13-27(35)36)37-15-14-18(2)38-26-12-7-22(28(30)31)17-25(26)21-4-9-23(10-5-21)29(32,33)34;1-2/h4-7,9-12,16-18,28H,3,8,13-15H2,1-2H3,(H,35,36);1H3/t18-;/m1./s1. The molecule has 0 aliphatic carbocycles. The van der Waals surface area contributed by atoms with Crippen LogP contribution in [0.5, 0.6) is 11.5 Å². The molecular weight excluding hydrogens is 538 g/mol. The van der Waals surface area contributed by atoms with Gasteiger partial charge in [-0.25, -0.2) is 8.78 Å². The third-order valence-corrected chi connectivity index (χ3v) is 6.07. The molecule has 0 spiro atoms. The Morgan fingerprint density at radius 1 is 0.950 bits per heavy atom. The van der Waals surface area contributed by atoms with Gasteiger partial charge in [0.05, 0.1) is 25.5 Å². The van der Waals surface area contributed by atoms with E-state index in [-0.39, 0.29) is 29.4 Å². The Bertz CT molecular complexity index is 1230. The van der Waals surface area contributed by atoms with Gasteiger partial charge in [-0.1, -0.05) is 25.1 Å². The van der Waals surface area contributed by atoms with Gasteiger partial charge in [-0.15, -0.1) is 0 Å². The van der Waals surface area contributed by atoms with Crippen LogP contribution >= 0.6 is 0 Å². The van der Waals surface area contributed by atoms with Gasteiger partial charge < -0.3 is 14.6 Å². The largest absolute Gasteiger partial charge is 0.493 e. The molecule has 0 radical (unpaired) electrons. The molecule has 0 aliphatic heterocycles. The maximum Gasteiger partial charge on any atom is 0.416 e. The quantitative estimate of drug-likeness (QED) is 0.221. The van der Waals surface area contributed by atoms with E-state index >= 15 is 0 Å². The van der Waals surface area contributed by atoms with E-state index in [9.17, 15) is 31.1 Å². The Hall–Kier alpha value is -3.69. The second kappa shape index (κ2) is 15.2. The minimum absolute atomic E-state index is 0.0504. The highest BCUT2D eigenvalue weighted by molar-refractivity contribution is 5.71. The van der Waals surface area contributed by atoms with Crippen LogP contribution in [0.4, 0.5) is 26.3 Å². The van der Waals surface area contributed by atoms with Crippen molar-refractivity contribution in [3.63, 3.8) is 0 Å². The Morgan fingerprint density at radius 3 is 2.20 bits per heavy atom. The highest BCUT2D eigenvalue weighted by Crippen LogP contribution is 2.37. The monoisotopic (exact) mass is 570 g/mol. The Morgan fingerprint density at radius 2 is 1.62 bits per heavy atom. The molecule has 1 N–H and O–H groups in total. The fourth-order valence-electron chi connectivity index (χ4n) is 3.98. The Kier molecular flexibility index (Phi) is 12.4. The predicted molar refractivity (Wildman–Crippen MR) is 141 cm³/mol. The molecule has 3 rings (SSSR count). The van der Waals surface area contributed by atoms with Gasteiger partial charge >= 0.3 is 12.1 Å². The van der Waals surface area contributed by atoms with Crippen LogP contribution in [0.15, 0.2) is 60.7 Å². The van der Waals surface area contributed by atoms with Crippen molar-refractivity contribution < 1.29 is 45.7 Å². The summed E-state index contributed by atoms with van der Waals surface area (Å²) < 4.78 is 86.9. The molecule has 218 valence electrons. The van der Waals surface area contributed by atoms with Crippen LogP contribution in [0, 0.1) is 0 Å². The molecule has 4 nitrogen and oxygen atoms in total. The number of carboxylic acids is 1. The fraction of sp³-hybridized carbons (Fsp3) is 0.367. The van der Waals surface area contributed by atoms with Gasteiger partial charge in [0.15, 0.2) is 0 Å². The SMILES string of the molecule is CCc1cc(OCC[C@@H](C)Oc2ccc(C(F)F)cc2-c2ccc(C(F)(F)F)cc2)ccc1CCC(=O)O.CF. The van der Waals surface area contributed by atoms with Crippen LogP contribution in [0.3, 0.4) is 0 Å². The van der Waals surface area contributed by atoms with E-state index in [0.29, 0.717) is 37.9 Å². The number of aliphatic carboxylic acids is 1. The second-order valence-corrected chi connectivity index (χ2v) is 8.87. The first-order valence-corrected chi connectivity index (χ1v) is 12.6. The Balaban J connectivity index is 0.00000274. The van der Waals surface area contributed by atoms with Crippen molar-refractivity contribution in [2.24, 2.45) is 0 Å². The minimum Gasteiger partial charge on any atom is -0.493 e. The third-order valence-electron chi connectivity index (χ3n) is 6.07. The van der Waals surface area contributed by atoms with Gasteiger partial charge in [0.2, 0.25) is 0 Å². The summed E-state index contributed by atoms with van der Waals surface area (Å²) in [5.41, 5.74) is 1.47. The lowest BCUT2D eigenvalue weighted by Crippen LogP contribution is -2.16. The highest BCUT2D eigenvalue weighted by Gasteiger charge is 2.30. The number of hydrogen-bond donors (Lipinski definition) is 1. The summed E-state index contributed by atoms with van der Waals surface area (Å²) in [6.45, 7) is 4.06. The number of alkyl halides is 6. The number of hydrogen-bond acceptors (Lipinski definition) is 3. The average molecular weight is 571 g/mol. The molecule has 0 heterocycles. The molecule has 0 saturated carbocycles. The maximum atomic E-state index is 13.3. The maximum absolute atomic E-state index is 13.3. The number of carboxylic acid groups (broad SMARTS) is 1. The molecule has 1 atom stereocenters. The van der Waals surface area contributed by atoms with Gasteiger partial charge in [0, 0.05) is 24.0 Å². The number of benzene rings is 3. The van der Waals surface area contributed by atoms with E-state index in [1.165, 1.54) is 30.3 Å². The minimum atomic E-state index is -4.51. The molecule has 0 fully saturated rings. The summed E-state index contributed by atoms with van der Waals surface area (Å²) in [5.74, 6) is 0.0595. The first kappa shape index (κ1) is 32.5. The lowest BCUT2D eigenvalue weighted by molar-refractivity contribution is -0.138. The van der Waals surface area contributed by atoms with Crippen molar-refractivity contribution in [2.45, 2.75) is 58.2 Å². The molecule has 3 aromatic rings. The van der Waals surface area contributed by atoms with Gasteiger partial charge in [-0.2, -0.15) is 13.2 Å². The molecule has 0 aliphatic rings. The van der Waals surface area contributed by atoms with Crippen LogP contribution in [0.2, 0.25) is 0 Å². The van der Waals surface area contributed by atoms with Crippen LogP contribution < -0.4 is 9.47 Å². The van der Waals surface area contributed by atoms with Crippen molar-refractivity contribution in [1.82, 2.24) is 0 Å². The first-order chi connectivity index (χ1) is 19.0. The molecule has 0 aromatic heterocycles. The second-order valence-electron chi connectivity index (χ2n) is 8.87. The number of carbonyl (C=O) groups is 1. The van der Waals surface area contributed by atoms with E-state index in [1.807, 2.05) is 19.1 Å². The number of ether oxygens (including phenoxy) is 2. The lowest BCUT2D eigenvalue weighted by atomic mass is 10.0. The zero-order valence-electron chi connectivity index (χ0n) is 22.4. The molecule has 0 unspecified atom stereocenters. The molecule has 3 aromatic carbocycles. The molecule has 10 heteroatoms. The van der Waals surface area contributed by atoms with Crippen LogP contribution in [-0.4, -0.2) is 31.0 Å². The van der Waals surface area contributed by atoms with Crippen molar-refractivity contribution in [3.05, 3.63) is 82.9 Å². The summed E-state index contributed by atoms with van der Waals surface area (Å²) in [6.07, 6.45) is -5.97. The topological polar surface area (TPSA) is 55.8 Å². The molecule has 0 bridgehead atoms. The third kappa shape index (κ3) is 9.50. The number of rotatable bonds is 12. The molecule has 0 amide bonds. The molecule has 0 saturated heterocycles. The van der Waals surface area contributed by atoms with Crippen molar-refractivity contribution in [3.8, 4) is 22.6 Å².